The fourth-order valence-electron chi connectivity index (χ4n) is 4.40. The predicted octanol–water partition coefficient (Wildman–Crippen LogP) is 1.95. The van der Waals surface area contributed by atoms with Crippen molar-refractivity contribution in [3.63, 3.8) is 0 Å². The first-order chi connectivity index (χ1) is 18.3. The molecule has 1 amide bonds. The molecule has 2 aromatic heterocycles. The molecule has 38 heavy (non-hydrogen) atoms. The number of aliphatic hydroxyl groups is 2. The van der Waals surface area contributed by atoms with Crippen molar-refractivity contribution >= 4 is 5.91 Å². The first kappa shape index (κ1) is 25.3. The third-order valence-electron chi connectivity index (χ3n) is 6.31. The van der Waals surface area contributed by atoms with Gasteiger partial charge in [-0.1, -0.05) is 17.9 Å². The lowest BCUT2D eigenvalue weighted by atomic mass is 9.93. The summed E-state index contributed by atoms with van der Waals surface area (Å²) in [5, 5.41) is 29.4. The van der Waals surface area contributed by atoms with Crippen LogP contribution in [-0.4, -0.2) is 64.8 Å². The molecule has 4 aromatic rings. The van der Waals surface area contributed by atoms with Crippen LogP contribution in [0.3, 0.4) is 0 Å². The number of benzene rings is 2. The highest BCUT2D eigenvalue weighted by Crippen LogP contribution is 2.28. The fourth-order valence-corrected chi connectivity index (χ4v) is 4.40. The Morgan fingerprint density at radius 2 is 1.82 bits per heavy atom. The van der Waals surface area contributed by atoms with Crippen molar-refractivity contribution in [3.05, 3.63) is 101 Å². The summed E-state index contributed by atoms with van der Waals surface area (Å²) in [5.74, 6) is 4.23. The van der Waals surface area contributed by atoms with Crippen LogP contribution < -0.4 is 0 Å². The monoisotopic (exact) mass is 518 g/mol. The van der Waals surface area contributed by atoms with Crippen LogP contribution in [0.4, 0.5) is 8.78 Å². The highest BCUT2D eigenvalue weighted by atomic mass is 19.1. The summed E-state index contributed by atoms with van der Waals surface area (Å²) in [7, 11) is 0. The maximum Gasteiger partial charge on any atom is 0.253 e. The molecule has 1 saturated heterocycles. The summed E-state index contributed by atoms with van der Waals surface area (Å²) >= 11 is 0. The van der Waals surface area contributed by atoms with Crippen molar-refractivity contribution in [1.29, 1.82) is 0 Å². The Bertz CT molecular complexity index is 1490. The van der Waals surface area contributed by atoms with Gasteiger partial charge < -0.3 is 15.1 Å². The fraction of sp³-hybridized carbons (Fsp3) is 0.259. The summed E-state index contributed by atoms with van der Waals surface area (Å²) in [4.78, 5) is 18.0. The van der Waals surface area contributed by atoms with Crippen LogP contribution in [0.5, 0.6) is 0 Å². The van der Waals surface area contributed by atoms with E-state index in [2.05, 4.69) is 27.0 Å². The normalized spacial score (nSPS) is 16.6. The predicted molar refractivity (Wildman–Crippen MR) is 131 cm³/mol. The van der Waals surface area contributed by atoms with E-state index in [1.807, 2.05) is 0 Å². The molecule has 194 valence electrons. The van der Waals surface area contributed by atoms with Gasteiger partial charge in [0.25, 0.3) is 5.91 Å². The van der Waals surface area contributed by atoms with Crippen LogP contribution in [0.15, 0.2) is 67.5 Å². The summed E-state index contributed by atoms with van der Waals surface area (Å²) < 4.78 is 30.9. The number of carbonyl (C=O) groups is 1. The Balaban J connectivity index is 1.31. The first-order valence-corrected chi connectivity index (χ1v) is 11.9. The molecule has 0 spiro atoms. The van der Waals surface area contributed by atoms with Crippen molar-refractivity contribution < 1.29 is 23.8 Å². The minimum Gasteiger partial charge on any atom is -0.391 e. The topological polar surface area (TPSA) is 109 Å². The molecule has 9 nitrogen and oxygen atoms in total. The van der Waals surface area contributed by atoms with Crippen molar-refractivity contribution in [1.82, 2.24) is 29.4 Å². The van der Waals surface area contributed by atoms with E-state index in [-0.39, 0.29) is 24.6 Å². The summed E-state index contributed by atoms with van der Waals surface area (Å²) in [5.41, 5.74) is -0.144. The number of halogens is 2. The van der Waals surface area contributed by atoms with E-state index >= 15 is 0 Å². The van der Waals surface area contributed by atoms with E-state index < -0.39 is 23.3 Å². The molecule has 0 bridgehead atoms. The molecule has 1 aliphatic rings. The minimum absolute atomic E-state index is 0.101. The number of hydrogen-bond donors (Lipinski definition) is 2. The zero-order valence-corrected chi connectivity index (χ0v) is 20.2. The van der Waals surface area contributed by atoms with Gasteiger partial charge in [-0.25, -0.2) is 18.4 Å². The average molecular weight is 519 g/mol. The number of aliphatic hydroxyl groups excluding tert-OH is 1. The van der Waals surface area contributed by atoms with Crippen LogP contribution in [0.25, 0.3) is 0 Å². The molecule has 5 rings (SSSR count). The van der Waals surface area contributed by atoms with Crippen molar-refractivity contribution in [2.75, 3.05) is 13.1 Å². The third kappa shape index (κ3) is 5.61. The lowest BCUT2D eigenvalue weighted by Crippen LogP contribution is -2.37. The summed E-state index contributed by atoms with van der Waals surface area (Å²) in [6, 6.07) is 9.87. The Morgan fingerprint density at radius 1 is 1.05 bits per heavy atom. The van der Waals surface area contributed by atoms with Crippen molar-refractivity contribution in [2.24, 2.45) is 0 Å². The number of aromatic nitrogens is 5. The molecule has 11 heteroatoms. The van der Waals surface area contributed by atoms with Gasteiger partial charge in [-0.3, -0.25) is 9.48 Å². The van der Waals surface area contributed by atoms with Crippen LogP contribution in [0.1, 0.15) is 33.5 Å². The number of likely N-dealkylation sites (tertiary alicyclic amines) is 1. The zero-order valence-electron chi connectivity index (χ0n) is 20.2. The third-order valence-corrected chi connectivity index (χ3v) is 6.31. The van der Waals surface area contributed by atoms with Gasteiger partial charge in [0, 0.05) is 42.0 Å². The van der Waals surface area contributed by atoms with Crippen molar-refractivity contribution in [3.8, 4) is 11.8 Å². The van der Waals surface area contributed by atoms with E-state index in [0.29, 0.717) is 36.2 Å². The average Bonchev–Trinajstić information content (AvgIpc) is 3.66. The minimum atomic E-state index is -1.81. The molecule has 3 heterocycles. The number of nitrogens with zero attached hydrogens (tertiary/aromatic N) is 6. The number of rotatable bonds is 6. The van der Waals surface area contributed by atoms with Gasteiger partial charge in [-0.2, -0.15) is 10.2 Å². The Hall–Kier alpha value is -4.40. The summed E-state index contributed by atoms with van der Waals surface area (Å²) in [6.07, 6.45) is 5.91. The number of hydrogen-bond acceptors (Lipinski definition) is 6. The zero-order chi connectivity index (χ0) is 26.7. The van der Waals surface area contributed by atoms with Gasteiger partial charge in [0.1, 0.15) is 29.9 Å². The van der Waals surface area contributed by atoms with Gasteiger partial charge in [-0.05, 0) is 36.8 Å². The molecule has 1 unspecified atom stereocenters. The number of carbonyl (C=O) groups excluding carboxylic acids is 1. The maximum absolute atomic E-state index is 14.6. The quantitative estimate of drug-likeness (QED) is 0.378. The van der Waals surface area contributed by atoms with E-state index in [1.165, 1.54) is 34.3 Å². The van der Waals surface area contributed by atoms with Gasteiger partial charge in [0.05, 0.1) is 31.0 Å². The highest BCUT2D eigenvalue weighted by molar-refractivity contribution is 5.94. The van der Waals surface area contributed by atoms with Crippen LogP contribution in [0, 0.1) is 23.5 Å². The second-order valence-corrected chi connectivity index (χ2v) is 9.20. The van der Waals surface area contributed by atoms with Gasteiger partial charge in [0.15, 0.2) is 0 Å². The molecular formula is C27H24F2N6O3. The Morgan fingerprint density at radius 3 is 2.50 bits per heavy atom. The van der Waals surface area contributed by atoms with E-state index in [4.69, 9.17) is 0 Å². The molecule has 0 aliphatic carbocycles. The molecule has 2 N–H and O–H groups in total. The second kappa shape index (κ2) is 10.5. The standard InChI is InChI=1S/C27H24F2N6O3/c28-22-7-8-24(25(29)11-22)27(38,16-35-18-30-17-32-35)15-34-13-20(12-31-34)2-1-19-3-5-21(6-4-19)26(37)33-10-9-23(36)14-33/h3-8,11-13,17-18,23,36,38H,9-10,14-16H2/t23-,27?/m1/s1. The molecule has 1 fully saturated rings. The SMILES string of the molecule is O=C(c1ccc(C#Cc2cnn(CC(O)(Cn3cncn3)c3ccc(F)cc3F)c2)cc1)N1CC[C@@H](O)C1. The van der Waals surface area contributed by atoms with E-state index in [0.717, 1.165) is 12.1 Å². The lowest BCUT2D eigenvalue weighted by Gasteiger charge is -2.28. The van der Waals surface area contributed by atoms with Gasteiger partial charge in [-0.15, -0.1) is 0 Å². The van der Waals surface area contributed by atoms with Crippen molar-refractivity contribution in [2.45, 2.75) is 31.2 Å². The Labute approximate surface area is 217 Å². The first-order valence-electron chi connectivity index (χ1n) is 11.9. The Kier molecular flexibility index (Phi) is 7.00. The molecule has 0 radical (unpaired) electrons. The largest absolute Gasteiger partial charge is 0.391 e. The highest BCUT2D eigenvalue weighted by Gasteiger charge is 2.34. The van der Waals surface area contributed by atoms with Crippen LogP contribution in [0.2, 0.25) is 0 Å². The van der Waals surface area contributed by atoms with Gasteiger partial charge in [0.2, 0.25) is 0 Å². The van der Waals surface area contributed by atoms with E-state index in [9.17, 15) is 23.8 Å². The smallest absolute Gasteiger partial charge is 0.253 e. The molecular weight excluding hydrogens is 494 g/mol. The number of β-amino-alcohol motifs (C(OH)–C–C–N with tert-alkyl or cyclic N) is 1. The second-order valence-electron chi connectivity index (χ2n) is 9.20. The molecule has 2 aromatic carbocycles. The summed E-state index contributed by atoms with van der Waals surface area (Å²) in [6.45, 7) is 0.580. The lowest BCUT2D eigenvalue weighted by molar-refractivity contribution is -0.00847. The molecule has 2 atom stereocenters. The van der Waals surface area contributed by atoms with E-state index in [1.54, 1.807) is 35.4 Å². The number of amides is 1. The molecule has 1 aliphatic heterocycles. The van der Waals surface area contributed by atoms with Crippen LogP contribution in [-0.2, 0) is 18.7 Å². The molecule has 0 saturated carbocycles. The van der Waals surface area contributed by atoms with Crippen LogP contribution >= 0.6 is 0 Å². The van der Waals surface area contributed by atoms with Gasteiger partial charge >= 0.3 is 0 Å². The maximum atomic E-state index is 14.6.